The molecular formula is C21H26N2O5S. The summed E-state index contributed by atoms with van der Waals surface area (Å²) in [4.78, 5) is 24.3. The Morgan fingerprint density at radius 3 is 2.21 bits per heavy atom. The maximum atomic E-state index is 12.5. The van der Waals surface area contributed by atoms with Crippen LogP contribution < -0.4 is 5.32 Å². The molecular weight excluding hydrogens is 392 g/mol. The highest BCUT2D eigenvalue weighted by atomic mass is 32.2. The van der Waals surface area contributed by atoms with Crippen molar-refractivity contribution < 1.29 is 22.7 Å². The highest BCUT2D eigenvalue weighted by Gasteiger charge is 2.22. The first-order chi connectivity index (χ1) is 13.7. The predicted molar refractivity (Wildman–Crippen MR) is 111 cm³/mol. The van der Waals surface area contributed by atoms with E-state index in [9.17, 15) is 18.0 Å². The molecule has 0 aliphatic carbocycles. The molecule has 0 heterocycles. The van der Waals surface area contributed by atoms with E-state index in [2.05, 4.69) is 5.32 Å². The summed E-state index contributed by atoms with van der Waals surface area (Å²) in [6.45, 7) is 7.63. The van der Waals surface area contributed by atoms with Crippen LogP contribution in [-0.2, 0) is 19.6 Å². The van der Waals surface area contributed by atoms with Crippen LogP contribution in [0.5, 0.6) is 0 Å². The lowest BCUT2D eigenvalue weighted by molar-refractivity contribution is -0.119. The van der Waals surface area contributed by atoms with Gasteiger partial charge >= 0.3 is 5.97 Å². The van der Waals surface area contributed by atoms with Gasteiger partial charge in [0.05, 0.1) is 10.5 Å². The van der Waals surface area contributed by atoms with Crippen LogP contribution in [0.4, 0.5) is 5.69 Å². The Hall–Kier alpha value is -2.71. The third kappa shape index (κ3) is 5.42. The van der Waals surface area contributed by atoms with Crippen molar-refractivity contribution in [3.63, 3.8) is 0 Å². The van der Waals surface area contributed by atoms with E-state index >= 15 is 0 Å². The molecule has 2 rings (SSSR count). The summed E-state index contributed by atoms with van der Waals surface area (Å²) in [6.07, 6.45) is 0. The number of ether oxygens (including phenoxy) is 1. The van der Waals surface area contributed by atoms with Crippen LogP contribution in [0.2, 0.25) is 0 Å². The third-order valence-electron chi connectivity index (χ3n) is 4.65. The average molecular weight is 419 g/mol. The number of benzene rings is 2. The van der Waals surface area contributed by atoms with E-state index in [-0.39, 0.29) is 10.5 Å². The Balaban J connectivity index is 1.99. The van der Waals surface area contributed by atoms with Crippen molar-refractivity contribution in [3.8, 4) is 0 Å². The number of hydrogen-bond donors (Lipinski definition) is 1. The molecule has 2 aromatic rings. The molecule has 8 heteroatoms. The number of esters is 1. The van der Waals surface area contributed by atoms with Gasteiger partial charge in [0.1, 0.15) is 0 Å². The molecule has 0 aliphatic rings. The Bertz CT molecular complexity index is 981. The number of carbonyl (C=O) groups is 2. The molecule has 0 fully saturated rings. The molecule has 0 spiro atoms. The van der Waals surface area contributed by atoms with E-state index in [0.29, 0.717) is 18.8 Å². The van der Waals surface area contributed by atoms with Crippen LogP contribution in [0.3, 0.4) is 0 Å². The summed E-state index contributed by atoms with van der Waals surface area (Å²) in [5.74, 6) is -1.15. The first kappa shape index (κ1) is 22.6. The SMILES string of the molecule is CCN(CC)S(=O)(=O)c1ccc(C(=O)OCC(=O)Nc2cccc(C)c2C)cc1. The van der Waals surface area contributed by atoms with Crippen molar-refractivity contribution in [1.82, 2.24) is 4.31 Å². The predicted octanol–water partition coefficient (Wildman–Crippen LogP) is 3.13. The lowest BCUT2D eigenvalue weighted by Crippen LogP contribution is -2.30. The summed E-state index contributed by atoms with van der Waals surface area (Å²) < 4.78 is 31.3. The zero-order chi connectivity index (χ0) is 21.6. The van der Waals surface area contributed by atoms with Crippen LogP contribution in [-0.4, -0.2) is 44.3 Å². The molecule has 0 unspecified atom stereocenters. The number of carbonyl (C=O) groups excluding carboxylic acids is 2. The van der Waals surface area contributed by atoms with Crippen molar-refractivity contribution >= 4 is 27.6 Å². The van der Waals surface area contributed by atoms with Gasteiger partial charge in [-0.3, -0.25) is 4.79 Å². The minimum Gasteiger partial charge on any atom is -0.452 e. The number of nitrogens with one attached hydrogen (secondary N) is 1. The molecule has 29 heavy (non-hydrogen) atoms. The van der Waals surface area contributed by atoms with Gasteiger partial charge in [-0.15, -0.1) is 0 Å². The molecule has 0 aromatic heterocycles. The fraction of sp³-hybridized carbons (Fsp3) is 0.333. The van der Waals surface area contributed by atoms with Gasteiger partial charge in [-0.2, -0.15) is 4.31 Å². The molecule has 1 amide bonds. The van der Waals surface area contributed by atoms with Crippen molar-refractivity contribution in [2.24, 2.45) is 0 Å². The van der Waals surface area contributed by atoms with Crippen LogP contribution in [0.25, 0.3) is 0 Å². The molecule has 0 saturated heterocycles. The fourth-order valence-corrected chi connectivity index (χ4v) is 4.22. The smallest absolute Gasteiger partial charge is 0.338 e. The average Bonchev–Trinajstić information content (AvgIpc) is 2.70. The summed E-state index contributed by atoms with van der Waals surface area (Å²) in [5, 5.41) is 2.71. The molecule has 1 N–H and O–H groups in total. The zero-order valence-corrected chi connectivity index (χ0v) is 17.9. The van der Waals surface area contributed by atoms with Crippen molar-refractivity contribution in [2.45, 2.75) is 32.6 Å². The number of amides is 1. The molecule has 0 radical (unpaired) electrons. The number of rotatable bonds is 8. The summed E-state index contributed by atoms with van der Waals surface area (Å²) >= 11 is 0. The molecule has 7 nitrogen and oxygen atoms in total. The van der Waals surface area contributed by atoms with Crippen molar-refractivity contribution in [3.05, 3.63) is 59.2 Å². The second kappa shape index (κ2) is 9.67. The molecule has 0 saturated carbocycles. The van der Waals surface area contributed by atoms with Gasteiger partial charge < -0.3 is 10.1 Å². The molecule has 156 valence electrons. The maximum absolute atomic E-state index is 12.5. The monoisotopic (exact) mass is 418 g/mol. The topological polar surface area (TPSA) is 92.8 Å². The molecule has 0 aliphatic heterocycles. The van der Waals surface area contributed by atoms with E-state index in [1.165, 1.54) is 28.6 Å². The standard InChI is InChI=1S/C21H26N2O5S/c1-5-23(6-2)29(26,27)18-12-10-17(11-13-18)21(25)28-14-20(24)22-19-9-7-8-15(3)16(19)4/h7-13H,5-6,14H2,1-4H3,(H,22,24). The van der Waals surface area contributed by atoms with Crippen LogP contribution in [0, 0.1) is 13.8 Å². The minimum atomic E-state index is -3.59. The van der Waals surface area contributed by atoms with E-state index in [0.717, 1.165) is 11.1 Å². The van der Waals surface area contributed by atoms with E-state index in [1.54, 1.807) is 19.9 Å². The van der Waals surface area contributed by atoms with Crippen molar-refractivity contribution in [2.75, 3.05) is 25.0 Å². The highest BCUT2D eigenvalue weighted by molar-refractivity contribution is 7.89. The van der Waals surface area contributed by atoms with Gasteiger partial charge in [-0.25, -0.2) is 13.2 Å². The highest BCUT2D eigenvalue weighted by Crippen LogP contribution is 2.18. The van der Waals surface area contributed by atoms with Gasteiger partial charge in [0.25, 0.3) is 5.91 Å². The molecule has 0 atom stereocenters. The van der Waals surface area contributed by atoms with Gasteiger partial charge in [0.2, 0.25) is 10.0 Å². The van der Waals surface area contributed by atoms with E-state index in [1.807, 2.05) is 26.0 Å². The fourth-order valence-electron chi connectivity index (χ4n) is 2.76. The maximum Gasteiger partial charge on any atom is 0.338 e. The number of aryl methyl sites for hydroxylation is 1. The van der Waals surface area contributed by atoms with Crippen molar-refractivity contribution in [1.29, 1.82) is 0 Å². The van der Waals surface area contributed by atoms with Crippen LogP contribution >= 0.6 is 0 Å². The second-order valence-electron chi connectivity index (χ2n) is 6.49. The largest absolute Gasteiger partial charge is 0.452 e. The molecule has 0 bridgehead atoms. The first-order valence-corrected chi connectivity index (χ1v) is 10.8. The van der Waals surface area contributed by atoms with Crippen LogP contribution in [0.15, 0.2) is 47.4 Å². The Morgan fingerprint density at radius 2 is 1.62 bits per heavy atom. The van der Waals surface area contributed by atoms with E-state index < -0.39 is 28.5 Å². The van der Waals surface area contributed by atoms with Crippen LogP contribution in [0.1, 0.15) is 35.3 Å². The second-order valence-corrected chi connectivity index (χ2v) is 8.42. The summed E-state index contributed by atoms with van der Waals surface area (Å²) in [5.41, 5.74) is 2.82. The van der Waals surface area contributed by atoms with Gasteiger partial charge in [-0.05, 0) is 55.3 Å². The lowest BCUT2D eigenvalue weighted by atomic mass is 10.1. The minimum absolute atomic E-state index is 0.102. The summed E-state index contributed by atoms with van der Waals surface area (Å²) in [7, 11) is -3.59. The molecule has 2 aromatic carbocycles. The number of anilines is 1. The van der Waals surface area contributed by atoms with Gasteiger partial charge in [0.15, 0.2) is 6.61 Å². The number of sulfonamides is 1. The first-order valence-electron chi connectivity index (χ1n) is 9.34. The van der Waals surface area contributed by atoms with Gasteiger partial charge in [0, 0.05) is 18.8 Å². The lowest BCUT2D eigenvalue weighted by Gasteiger charge is -2.18. The number of nitrogens with zero attached hydrogens (tertiary/aromatic N) is 1. The quantitative estimate of drug-likeness (QED) is 0.665. The Morgan fingerprint density at radius 1 is 1.00 bits per heavy atom. The van der Waals surface area contributed by atoms with Gasteiger partial charge in [-0.1, -0.05) is 26.0 Å². The Kier molecular flexibility index (Phi) is 7.53. The van der Waals surface area contributed by atoms with E-state index in [4.69, 9.17) is 4.74 Å². The zero-order valence-electron chi connectivity index (χ0n) is 17.1. The number of hydrogen-bond acceptors (Lipinski definition) is 5. The third-order valence-corrected chi connectivity index (χ3v) is 6.71. The normalized spacial score (nSPS) is 11.3. The summed E-state index contributed by atoms with van der Waals surface area (Å²) in [6, 6.07) is 11.0. The Labute approximate surface area is 171 Å².